The number of nitrogens with one attached hydrogen (secondary N) is 1. The minimum absolute atomic E-state index is 0.393. The number of nitriles is 1. The molecule has 5 nitrogen and oxygen atoms in total. The lowest BCUT2D eigenvalue weighted by molar-refractivity contribution is 0.393. The number of H-pyrrole nitrogens is 1. The molecular formula is C20H15FN4O. The molecule has 0 fully saturated rings. The van der Waals surface area contributed by atoms with Gasteiger partial charge in [-0.15, -0.1) is 0 Å². The molecule has 0 atom stereocenters. The predicted molar refractivity (Wildman–Crippen MR) is 95.9 cm³/mol. The SMILES string of the molecule is Cc1nc2c(-c3cc(F)ccc3C#N)cc(-c3c(C)noc3C)cc2[nH]1. The van der Waals surface area contributed by atoms with Gasteiger partial charge in [-0.05, 0) is 56.7 Å². The van der Waals surface area contributed by atoms with E-state index in [4.69, 9.17) is 4.52 Å². The standard InChI is InChI=1S/C20H15FN4O/c1-10-19(11(2)26-25-10)14-6-17(20-18(7-14)23-12(3)24-20)16-8-15(21)5-4-13(16)9-22/h4-8H,1-3H3,(H,23,24). The summed E-state index contributed by atoms with van der Waals surface area (Å²) in [6, 6.07) is 10.1. The molecule has 128 valence electrons. The molecular weight excluding hydrogens is 331 g/mol. The molecule has 26 heavy (non-hydrogen) atoms. The van der Waals surface area contributed by atoms with Crippen LogP contribution in [0.3, 0.4) is 0 Å². The average molecular weight is 346 g/mol. The summed E-state index contributed by atoms with van der Waals surface area (Å²) in [5.74, 6) is 1.04. The highest BCUT2D eigenvalue weighted by molar-refractivity contribution is 5.97. The Morgan fingerprint density at radius 2 is 1.92 bits per heavy atom. The summed E-state index contributed by atoms with van der Waals surface area (Å²) in [6.07, 6.45) is 0. The van der Waals surface area contributed by atoms with E-state index in [1.807, 2.05) is 32.9 Å². The first kappa shape index (κ1) is 16.0. The van der Waals surface area contributed by atoms with E-state index in [0.29, 0.717) is 28.0 Å². The third-order valence-corrected chi connectivity index (χ3v) is 4.42. The fraction of sp³-hybridized carbons (Fsp3) is 0.150. The van der Waals surface area contributed by atoms with Gasteiger partial charge in [-0.1, -0.05) is 5.16 Å². The number of aromatic amines is 1. The fourth-order valence-electron chi connectivity index (χ4n) is 3.32. The van der Waals surface area contributed by atoms with E-state index in [9.17, 15) is 9.65 Å². The number of hydrogen-bond donors (Lipinski definition) is 1. The summed E-state index contributed by atoms with van der Waals surface area (Å²) in [5, 5.41) is 13.5. The Kier molecular flexibility index (Phi) is 3.58. The highest BCUT2D eigenvalue weighted by atomic mass is 19.1. The smallest absolute Gasteiger partial charge is 0.141 e. The zero-order valence-corrected chi connectivity index (χ0v) is 14.5. The van der Waals surface area contributed by atoms with Crippen LogP contribution in [-0.2, 0) is 0 Å². The molecule has 0 unspecified atom stereocenters. The second-order valence-electron chi connectivity index (χ2n) is 6.24. The van der Waals surface area contributed by atoms with Crippen molar-refractivity contribution in [3.8, 4) is 28.3 Å². The number of fused-ring (bicyclic) bond motifs is 1. The van der Waals surface area contributed by atoms with Crippen molar-refractivity contribution in [2.75, 3.05) is 0 Å². The van der Waals surface area contributed by atoms with Crippen molar-refractivity contribution in [3.05, 3.63) is 59.0 Å². The Hall–Kier alpha value is -3.46. The zero-order chi connectivity index (χ0) is 18.4. The molecule has 0 aliphatic rings. The molecule has 0 saturated carbocycles. The maximum atomic E-state index is 13.9. The molecule has 0 amide bonds. The number of rotatable bonds is 2. The maximum absolute atomic E-state index is 13.9. The average Bonchev–Trinajstić information content (AvgIpc) is 3.15. The largest absolute Gasteiger partial charge is 0.361 e. The quantitative estimate of drug-likeness (QED) is 0.564. The first-order valence-electron chi connectivity index (χ1n) is 8.11. The van der Waals surface area contributed by atoms with Crippen molar-refractivity contribution in [1.82, 2.24) is 15.1 Å². The Balaban J connectivity index is 2.10. The van der Waals surface area contributed by atoms with E-state index in [0.717, 1.165) is 28.2 Å². The minimum Gasteiger partial charge on any atom is -0.361 e. The van der Waals surface area contributed by atoms with E-state index < -0.39 is 5.82 Å². The van der Waals surface area contributed by atoms with Crippen LogP contribution in [0.15, 0.2) is 34.9 Å². The van der Waals surface area contributed by atoms with Crippen LogP contribution in [0.5, 0.6) is 0 Å². The first-order chi connectivity index (χ1) is 12.5. The number of hydrogen-bond acceptors (Lipinski definition) is 4. The normalized spacial score (nSPS) is 11.0. The van der Waals surface area contributed by atoms with Gasteiger partial charge in [0.2, 0.25) is 0 Å². The zero-order valence-electron chi connectivity index (χ0n) is 14.5. The topological polar surface area (TPSA) is 78.5 Å². The number of nitrogens with zero attached hydrogens (tertiary/aromatic N) is 3. The molecule has 0 spiro atoms. The number of imidazole rings is 1. The lowest BCUT2D eigenvalue weighted by atomic mass is 9.94. The summed E-state index contributed by atoms with van der Waals surface area (Å²) >= 11 is 0. The summed E-state index contributed by atoms with van der Waals surface area (Å²) in [6.45, 7) is 5.58. The number of aromatic nitrogens is 3. The molecule has 4 rings (SSSR count). The lowest BCUT2D eigenvalue weighted by Crippen LogP contribution is -1.91. The van der Waals surface area contributed by atoms with Gasteiger partial charge >= 0.3 is 0 Å². The molecule has 0 aliphatic heterocycles. The summed E-state index contributed by atoms with van der Waals surface area (Å²) < 4.78 is 19.2. The molecule has 2 aromatic carbocycles. The maximum Gasteiger partial charge on any atom is 0.141 e. The van der Waals surface area contributed by atoms with Crippen LogP contribution in [0.1, 0.15) is 22.8 Å². The van der Waals surface area contributed by atoms with Gasteiger partial charge in [-0.25, -0.2) is 9.37 Å². The third kappa shape index (κ3) is 2.45. The van der Waals surface area contributed by atoms with Crippen molar-refractivity contribution >= 4 is 11.0 Å². The van der Waals surface area contributed by atoms with Crippen molar-refractivity contribution in [2.24, 2.45) is 0 Å². The molecule has 0 aliphatic carbocycles. The Morgan fingerprint density at radius 3 is 2.62 bits per heavy atom. The van der Waals surface area contributed by atoms with Crippen molar-refractivity contribution in [1.29, 1.82) is 5.26 Å². The first-order valence-corrected chi connectivity index (χ1v) is 8.11. The fourth-order valence-corrected chi connectivity index (χ4v) is 3.32. The van der Waals surface area contributed by atoms with E-state index in [1.54, 1.807) is 0 Å². The van der Waals surface area contributed by atoms with E-state index in [2.05, 4.69) is 21.2 Å². The second-order valence-corrected chi connectivity index (χ2v) is 6.24. The van der Waals surface area contributed by atoms with Gasteiger partial charge < -0.3 is 9.51 Å². The molecule has 0 radical (unpaired) electrons. The number of benzene rings is 2. The molecule has 0 bridgehead atoms. The van der Waals surface area contributed by atoms with Crippen LogP contribution in [0.2, 0.25) is 0 Å². The van der Waals surface area contributed by atoms with E-state index in [1.165, 1.54) is 18.2 Å². The predicted octanol–water partition coefficient (Wildman–Crippen LogP) is 4.82. The molecule has 2 heterocycles. The Bertz CT molecular complexity index is 1180. The Labute approximate surface area is 149 Å². The van der Waals surface area contributed by atoms with Crippen LogP contribution in [-0.4, -0.2) is 15.1 Å². The van der Waals surface area contributed by atoms with Crippen molar-refractivity contribution in [3.63, 3.8) is 0 Å². The summed E-state index contributed by atoms with van der Waals surface area (Å²) in [4.78, 5) is 7.76. The van der Waals surface area contributed by atoms with Gasteiger partial charge in [-0.2, -0.15) is 5.26 Å². The van der Waals surface area contributed by atoms with Gasteiger partial charge in [0.05, 0.1) is 28.4 Å². The van der Waals surface area contributed by atoms with Crippen molar-refractivity contribution < 1.29 is 8.91 Å². The minimum atomic E-state index is -0.401. The molecule has 6 heteroatoms. The van der Waals surface area contributed by atoms with Crippen LogP contribution in [0, 0.1) is 37.9 Å². The highest BCUT2D eigenvalue weighted by Crippen LogP contribution is 2.37. The van der Waals surface area contributed by atoms with Crippen LogP contribution < -0.4 is 0 Å². The van der Waals surface area contributed by atoms with Gasteiger partial charge in [0, 0.05) is 16.7 Å². The summed E-state index contributed by atoms with van der Waals surface area (Å²) in [7, 11) is 0. The van der Waals surface area contributed by atoms with Gasteiger partial charge in [0.15, 0.2) is 0 Å². The molecule has 4 aromatic rings. The highest BCUT2D eigenvalue weighted by Gasteiger charge is 2.18. The van der Waals surface area contributed by atoms with Gasteiger partial charge in [0.25, 0.3) is 0 Å². The number of halogens is 1. The van der Waals surface area contributed by atoms with Gasteiger partial charge in [-0.3, -0.25) is 0 Å². The van der Waals surface area contributed by atoms with E-state index >= 15 is 0 Å². The van der Waals surface area contributed by atoms with Crippen LogP contribution in [0.4, 0.5) is 4.39 Å². The summed E-state index contributed by atoms with van der Waals surface area (Å²) in [5.41, 5.74) is 5.63. The van der Waals surface area contributed by atoms with Gasteiger partial charge in [0.1, 0.15) is 17.4 Å². The van der Waals surface area contributed by atoms with Crippen LogP contribution in [0.25, 0.3) is 33.3 Å². The van der Waals surface area contributed by atoms with Crippen LogP contribution >= 0.6 is 0 Å². The second kappa shape index (κ2) is 5.81. The van der Waals surface area contributed by atoms with Crippen molar-refractivity contribution in [2.45, 2.75) is 20.8 Å². The molecule has 1 N–H and O–H groups in total. The van der Waals surface area contributed by atoms with E-state index in [-0.39, 0.29) is 0 Å². The Morgan fingerprint density at radius 1 is 1.12 bits per heavy atom. The number of aryl methyl sites for hydroxylation is 3. The lowest BCUT2D eigenvalue weighted by Gasteiger charge is -2.09. The molecule has 0 saturated heterocycles. The monoisotopic (exact) mass is 346 g/mol. The third-order valence-electron chi connectivity index (χ3n) is 4.42. The molecule has 2 aromatic heterocycles.